The summed E-state index contributed by atoms with van der Waals surface area (Å²) in [5.74, 6) is 1.93. The molecular formula is C23H34O4. The van der Waals surface area contributed by atoms with Gasteiger partial charge in [-0.25, -0.2) is 0 Å². The molecule has 1 N–H and O–H groups in total. The van der Waals surface area contributed by atoms with Gasteiger partial charge in [-0.3, -0.25) is 4.79 Å². The number of rotatable bonds is 2. The van der Waals surface area contributed by atoms with Gasteiger partial charge >= 0.3 is 5.97 Å². The maximum absolute atomic E-state index is 11.4. The lowest BCUT2D eigenvalue weighted by molar-refractivity contribution is -0.149. The Bertz CT molecular complexity index is 698. The van der Waals surface area contributed by atoms with Crippen LogP contribution in [0.2, 0.25) is 0 Å². The van der Waals surface area contributed by atoms with Gasteiger partial charge < -0.3 is 14.6 Å². The standard InChI is InChI=1S/C23H34O4/c1-13(24)23-20(27-23)12-19-17-6-5-15-11-16(26-14(2)25)7-9-21(15,3)18(17)8-10-22(19,23)4/h5,13,16-20,24H,6-12H2,1-4H3/t13-,16+,17-,18+,19-,20-,21+,22+,23-/m1/s1. The molecule has 0 amide bonds. The van der Waals surface area contributed by atoms with Gasteiger partial charge in [0, 0.05) is 18.8 Å². The van der Waals surface area contributed by atoms with Gasteiger partial charge in [0.25, 0.3) is 0 Å². The van der Waals surface area contributed by atoms with E-state index < -0.39 is 0 Å². The third-order valence-corrected chi connectivity index (χ3v) is 9.52. The molecule has 0 aromatic carbocycles. The molecule has 0 unspecified atom stereocenters. The van der Waals surface area contributed by atoms with Crippen molar-refractivity contribution in [3.05, 3.63) is 11.6 Å². The maximum atomic E-state index is 11.4. The lowest BCUT2D eigenvalue weighted by Crippen LogP contribution is -2.55. The van der Waals surface area contributed by atoms with Gasteiger partial charge in [0.15, 0.2) is 0 Å². The average molecular weight is 375 g/mol. The Hall–Kier alpha value is -0.870. The van der Waals surface area contributed by atoms with E-state index in [9.17, 15) is 9.90 Å². The third-order valence-electron chi connectivity index (χ3n) is 9.52. The van der Waals surface area contributed by atoms with Crippen LogP contribution in [0.4, 0.5) is 0 Å². The van der Waals surface area contributed by atoms with Gasteiger partial charge in [-0.05, 0) is 68.6 Å². The number of fused-ring (bicyclic) bond motifs is 7. The van der Waals surface area contributed by atoms with Gasteiger partial charge in [-0.2, -0.15) is 0 Å². The van der Waals surface area contributed by atoms with Crippen molar-refractivity contribution in [2.75, 3.05) is 0 Å². The molecule has 1 heterocycles. The zero-order valence-electron chi connectivity index (χ0n) is 17.2. The molecule has 4 fully saturated rings. The zero-order chi connectivity index (χ0) is 19.2. The number of carbonyl (C=O) groups is 1. The second-order valence-corrected chi connectivity index (χ2v) is 10.5. The number of aliphatic hydroxyl groups is 1. The molecule has 150 valence electrons. The van der Waals surface area contributed by atoms with Crippen molar-refractivity contribution in [1.29, 1.82) is 0 Å². The Morgan fingerprint density at radius 2 is 2.07 bits per heavy atom. The Labute approximate surface area is 162 Å². The Morgan fingerprint density at radius 3 is 2.78 bits per heavy atom. The van der Waals surface area contributed by atoms with E-state index in [4.69, 9.17) is 9.47 Å². The first kappa shape index (κ1) is 18.2. The lowest BCUT2D eigenvalue weighted by Gasteiger charge is -2.58. The van der Waals surface area contributed by atoms with E-state index in [0.717, 1.165) is 44.4 Å². The summed E-state index contributed by atoms with van der Waals surface area (Å²) in [6, 6.07) is 0. The quantitative estimate of drug-likeness (QED) is 0.451. The molecule has 0 spiro atoms. The minimum atomic E-state index is -0.376. The van der Waals surface area contributed by atoms with Crippen molar-refractivity contribution in [3.8, 4) is 0 Å². The largest absolute Gasteiger partial charge is 0.462 e. The number of hydrogen-bond donors (Lipinski definition) is 1. The van der Waals surface area contributed by atoms with Gasteiger partial charge in [-0.1, -0.05) is 25.5 Å². The van der Waals surface area contributed by atoms with Crippen molar-refractivity contribution in [2.45, 2.75) is 96.6 Å². The molecule has 4 heteroatoms. The van der Waals surface area contributed by atoms with Crippen molar-refractivity contribution in [1.82, 2.24) is 0 Å². The lowest BCUT2D eigenvalue weighted by atomic mass is 9.47. The van der Waals surface area contributed by atoms with Crippen LogP contribution in [0.25, 0.3) is 0 Å². The van der Waals surface area contributed by atoms with Crippen LogP contribution in [0.1, 0.15) is 72.6 Å². The fourth-order valence-corrected chi connectivity index (χ4v) is 8.21. The Morgan fingerprint density at radius 1 is 1.30 bits per heavy atom. The van der Waals surface area contributed by atoms with Crippen molar-refractivity contribution >= 4 is 5.97 Å². The van der Waals surface area contributed by atoms with E-state index >= 15 is 0 Å². The van der Waals surface area contributed by atoms with Crippen LogP contribution in [0.5, 0.6) is 0 Å². The Kier molecular flexibility index (Phi) is 3.77. The molecule has 4 aliphatic carbocycles. The summed E-state index contributed by atoms with van der Waals surface area (Å²) in [5.41, 5.74) is 1.63. The second kappa shape index (κ2) is 5.60. The average Bonchev–Trinajstić information content (AvgIpc) is 3.27. The third kappa shape index (κ3) is 2.20. The minimum Gasteiger partial charge on any atom is -0.462 e. The predicted octanol–water partition coefficient (Wildman–Crippen LogP) is 4.01. The molecule has 27 heavy (non-hydrogen) atoms. The summed E-state index contributed by atoms with van der Waals surface area (Å²) in [7, 11) is 0. The van der Waals surface area contributed by atoms with Crippen molar-refractivity contribution in [3.63, 3.8) is 0 Å². The van der Waals surface area contributed by atoms with E-state index in [-0.39, 0.29) is 40.7 Å². The normalized spacial score (nSPS) is 54.0. The number of epoxide rings is 1. The molecule has 3 saturated carbocycles. The fourth-order valence-electron chi connectivity index (χ4n) is 8.21. The first-order valence-electron chi connectivity index (χ1n) is 10.9. The fraction of sp³-hybridized carbons (Fsp3) is 0.870. The minimum absolute atomic E-state index is 0.0678. The van der Waals surface area contributed by atoms with Crippen LogP contribution in [-0.2, 0) is 14.3 Å². The van der Waals surface area contributed by atoms with Crippen LogP contribution >= 0.6 is 0 Å². The van der Waals surface area contributed by atoms with Crippen LogP contribution in [-0.4, -0.2) is 35.0 Å². The highest BCUT2D eigenvalue weighted by Gasteiger charge is 2.78. The van der Waals surface area contributed by atoms with Crippen LogP contribution in [0, 0.1) is 28.6 Å². The first-order chi connectivity index (χ1) is 12.7. The monoisotopic (exact) mass is 374 g/mol. The summed E-state index contributed by atoms with van der Waals surface area (Å²) < 4.78 is 11.7. The second-order valence-electron chi connectivity index (χ2n) is 10.5. The molecule has 0 aromatic rings. The van der Waals surface area contributed by atoms with Crippen LogP contribution in [0.15, 0.2) is 11.6 Å². The molecule has 5 rings (SSSR count). The number of carbonyl (C=O) groups excluding carboxylic acids is 1. The smallest absolute Gasteiger partial charge is 0.302 e. The van der Waals surface area contributed by atoms with Gasteiger partial charge in [0.05, 0.1) is 12.2 Å². The van der Waals surface area contributed by atoms with Crippen molar-refractivity contribution in [2.24, 2.45) is 28.6 Å². The molecule has 0 aromatic heterocycles. The molecular weight excluding hydrogens is 340 g/mol. The van der Waals surface area contributed by atoms with Gasteiger partial charge in [-0.15, -0.1) is 0 Å². The van der Waals surface area contributed by atoms with E-state index in [2.05, 4.69) is 19.9 Å². The molecule has 1 aliphatic heterocycles. The Balaban J connectivity index is 1.42. The topological polar surface area (TPSA) is 59.1 Å². The number of esters is 1. The highest BCUT2D eigenvalue weighted by atomic mass is 16.6. The molecule has 9 atom stereocenters. The van der Waals surface area contributed by atoms with E-state index in [1.165, 1.54) is 18.9 Å². The van der Waals surface area contributed by atoms with Crippen molar-refractivity contribution < 1.29 is 19.4 Å². The number of allylic oxidation sites excluding steroid dienone is 1. The van der Waals surface area contributed by atoms with Gasteiger partial charge in [0.1, 0.15) is 11.7 Å². The van der Waals surface area contributed by atoms with Gasteiger partial charge in [0.2, 0.25) is 0 Å². The summed E-state index contributed by atoms with van der Waals surface area (Å²) >= 11 is 0. The molecule has 1 saturated heterocycles. The van der Waals surface area contributed by atoms with Crippen LogP contribution < -0.4 is 0 Å². The van der Waals surface area contributed by atoms with Crippen LogP contribution in [0.3, 0.4) is 0 Å². The number of ether oxygens (including phenoxy) is 2. The molecule has 4 nitrogen and oxygen atoms in total. The summed E-state index contributed by atoms with van der Waals surface area (Å²) in [5, 5.41) is 10.5. The molecule has 5 aliphatic rings. The predicted molar refractivity (Wildman–Crippen MR) is 102 cm³/mol. The SMILES string of the molecule is CC(=O)O[C@H]1CC[C@@]2(C)C(=CC[C@H]3[C@H]4C[C@H]5O[C@@]5([C@@H](C)O)[C@@]4(C)CC[C@@H]32)C1. The van der Waals surface area contributed by atoms with E-state index in [0.29, 0.717) is 11.8 Å². The summed E-state index contributed by atoms with van der Waals surface area (Å²) in [6.45, 7) is 8.31. The van der Waals surface area contributed by atoms with E-state index in [1.54, 1.807) is 0 Å². The molecule has 0 bridgehead atoms. The highest BCUT2D eigenvalue weighted by molar-refractivity contribution is 5.66. The number of aliphatic hydroxyl groups excluding tert-OH is 1. The summed E-state index contributed by atoms with van der Waals surface area (Å²) in [4.78, 5) is 11.4. The first-order valence-corrected chi connectivity index (χ1v) is 10.9. The molecule has 0 radical (unpaired) electrons. The summed E-state index contributed by atoms with van der Waals surface area (Å²) in [6.07, 6.45) is 10.1. The highest BCUT2D eigenvalue weighted by Crippen LogP contribution is 2.73. The zero-order valence-corrected chi connectivity index (χ0v) is 17.2. The maximum Gasteiger partial charge on any atom is 0.302 e. The number of hydrogen-bond acceptors (Lipinski definition) is 4. The van der Waals surface area contributed by atoms with E-state index in [1.807, 2.05) is 6.92 Å².